The number of aromatic nitrogens is 2. The van der Waals surface area contributed by atoms with Crippen molar-refractivity contribution in [3.63, 3.8) is 0 Å². The number of carbonyl (C=O) groups is 1. The van der Waals surface area contributed by atoms with Crippen LogP contribution in [0.4, 0.5) is 16.2 Å². The van der Waals surface area contributed by atoms with Gasteiger partial charge in [-0.2, -0.15) is 5.10 Å². The molecular weight excluding hydrogens is 322 g/mol. The molecule has 0 saturated heterocycles. The van der Waals surface area contributed by atoms with Crippen LogP contribution in [0, 0.1) is 10.1 Å². The second-order valence-corrected chi connectivity index (χ2v) is 5.74. The molecule has 1 aliphatic carbocycles. The van der Waals surface area contributed by atoms with Crippen LogP contribution in [0.25, 0.3) is 0 Å². The van der Waals surface area contributed by atoms with Gasteiger partial charge in [-0.3, -0.25) is 15.2 Å². The quantitative estimate of drug-likeness (QED) is 0.591. The van der Waals surface area contributed by atoms with E-state index in [-0.39, 0.29) is 22.4 Å². The number of nitro groups is 1. The number of nitro benzene ring substituents is 1. The summed E-state index contributed by atoms with van der Waals surface area (Å²) in [6.07, 6.45) is 4.07. The van der Waals surface area contributed by atoms with Crippen molar-refractivity contribution in [3.05, 3.63) is 50.8 Å². The highest BCUT2D eigenvalue weighted by molar-refractivity contribution is 6.33. The lowest BCUT2D eigenvalue weighted by molar-refractivity contribution is -0.384. The zero-order chi connectivity index (χ0) is 16.4. The third-order valence-corrected chi connectivity index (χ3v) is 4.09. The molecule has 1 aromatic heterocycles. The van der Waals surface area contributed by atoms with Crippen molar-refractivity contribution in [2.75, 3.05) is 5.32 Å². The third-order valence-electron chi connectivity index (χ3n) is 3.76. The maximum Gasteiger partial charge on any atom is 0.319 e. The number of halogens is 1. The van der Waals surface area contributed by atoms with Crippen molar-refractivity contribution < 1.29 is 9.72 Å². The minimum absolute atomic E-state index is 0.0161. The average Bonchev–Trinajstić information content (AvgIpc) is 2.96. The highest BCUT2D eigenvalue weighted by atomic mass is 35.5. The van der Waals surface area contributed by atoms with Crippen LogP contribution in [0.1, 0.15) is 17.7 Å². The minimum Gasteiger partial charge on any atom is -0.335 e. The first-order chi connectivity index (χ1) is 11.0. The Morgan fingerprint density at radius 2 is 2.30 bits per heavy atom. The van der Waals surface area contributed by atoms with E-state index in [0.29, 0.717) is 6.42 Å². The zero-order valence-electron chi connectivity index (χ0n) is 12.0. The van der Waals surface area contributed by atoms with Gasteiger partial charge in [0.05, 0.1) is 21.8 Å². The van der Waals surface area contributed by atoms with Gasteiger partial charge in [0.25, 0.3) is 5.69 Å². The summed E-state index contributed by atoms with van der Waals surface area (Å²) in [5.74, 6) is 0. The molecule has 1 aliphatic rings. The van der Waals surface area contributed by atoms with E-state index in [0.717, 1.165) is 24.1 Å². The molecule has 120 valence electrons. The van der Waals surface area contributed by atoms with E-state index in [2.05, 4.69) is 20.8 Å². The van der Waals surface area contributed by atoms with Crippen LogP contribution in [0.3, 0.4) is 0 Å². The van der Waals surface area contributed by atoms with E-state index in [1.54, 1.807) is 6.20 Å². The van der Waals surface area contributed by atoms with E-state index in [9.17, 15) is 14.9 Å². The maximum atomic E-state index is 12.1. The molecule has 3 N–H and O–H groups in total. The fraction of sp³-hybridized carbons (Fsp3) is 0.286. The molecule has 9 heteroatoms. The number of hydrogen-bond donors (Lipinski definition) is 3. The highest BCUT2D eigenvalue weighted by Gasteiger charge is 2.22. The number of rotatable bonds is 3. The van der Waals surface area contributed by atoms with Crippen molar-refractivity contribution in [1.82, 2.24) is 15.5 Å². The van der Waals surface area contributed by atoms with Crippen LogP contribution in [-0.2, 0) is 12.8 Å². The number of non-ortho nitro benzene ring substituents is 1. The normalized spacial score (nSPS) is 16.5. The van der Waals surface area contributed by atoms with Gasteiger partial charge in [-0.05, 0) is 30.9 Å². The molecular formula is C14H14ClN5O3. The van der Waals surface area contributed by atoms with Crippen molar-refractivity contribution in [2.45, 2.75) is 25.3 Å². The summed E-state index contributed by atoms with van der Waals surface area (Å²) in [5, 5.41) is 23.4. The van der Waals surface area contributed by atoms with Crippen LogP contribution in [0.5, 0.6) is 0 Å². The second-order valence-electron chi connectivity index (χ2n) is 5.33. The lowest BCUT2D eigenvalue weighted by Crippen LogP contribution is -2.41. The number of nitrogens with one attached hydrogen (secondary N) is 3. The molecule has 0 bridgehead atoms. The predicted molar refractivity (Wildman–Crippen MR) is 84.7 cm³/mol. The Hall–Kier alpha value is -2.61. The first-order valence-electron chi connectivity index (χ1n) is 7.05. The number of amides is 2. The molecule has 2 aromatic rings. The Morgan fingerprint density at radius 3 is 3.09 bits per heavy atom. The number of fused-ring (bicyclic) bond motifs is 1. The van der Waals surface area contributed by atoms with Gasteiger partial charge in [-0.25, -0.2) is 4.79 Å². The van der Waals surface area contributed by atoms with Crippen LogP contribution >= 0.6 is 11.6 Å². The number of aromatic amines is 1. The molecule has 0 spiro atoms. The summed E-state index contributed by atoms with van der Waals surface area (Å²) in [4.78, 5) is 22.3. The second kappa shape index (κ2) is 6.25. The van der Waals surface area contributed by atoms with Crippen molar-refractivity contribution in [1.29, 1.82) is 0 Å². The number of aryl methyl sites for hydroxylation is 1. The molecule has 23 heavy (non-hydrogen) atoms. The van der Waals surface area contributed by atoms with Gasteiger partial charge in [0, 0.05) is 23.9 Å². The monoisotopic (exact) mass is 335 g/mol. The molecule has 3 rings (SSSR count). The molecule has 1 unspecified atom stereocenters. The van der Waals surface area contributed by atoms with Gasteiger partial charge in [-0.1, -0.05) is 11.6 Å². The van der Waals surface area contributed by atoms with Crippen molar-refractivity contribution in [3.8, 4) is 0 Å². The largest absolute Gasteiger partial charge is 0.335 e. The van der Waals surface area contributed by atoms with Gasteiger partial charge in [0.15, 0.2) is 0 Å². The van der Waals surface area contributed by atoms with E-state index in [1.165, 1.54) is 18.2 Å². The standard InChI is InChI=1S/C14H14ClN5O3/c15-11-3-2-10(20(22)23)6-13(11)18-14(21)17-9-1-4-12-8(5-9)7-16-19-12/h2-3,6-7,9H,1,4-5H2,(H,16,19)(H2,17,18,21). The van der Waals surface area contributed by atoms with Crippen LogP contribution in [0.2, 0.25) is 5.02 Å². The highest BCUT2D eigenvalue weighted by Crippen LogP contribution is 2.26. The summed E-state index contributed by atoms with van der Waals surface area (Å²) in [7, 11) is 0. The smallest absolute Gasteiger partial charge is 0.319 e. The number of H-pyrrole nitrogens is 1. The minimum atomic E-state index is -0.541. The molecule has 1 heterocycles. The molecule has 1 atom stereocenters. The summed E-state index contributed by atoms with van der Waals surface area (Å²) in [6.45, 7) is 0. The SMILES string of the molecule is O=C(Nc1cc([N+](=O)[O-])ccc1Cl)NC1CCc2[nH]ncc2C1. The van der Waals surface area contributed by atoms with Crippen LogP contribution < -0.4 is 10.6 Å². The van der Waals surface area contributed by atoms with E-state index >= 15 is 0 Å². The van der Waals surface area contributed by atoms with E-state index < -0.39 is 11.0 Å². The maximum absolute atomic E-state index is 12.1. The topological polar surface area (TPSA) is 113 Å². The Kier molecular flexibility index (Phi) is 4.16. The molecule has 0 fully saturated rings. The number of nitrogens with zero attached hydrogens (tertiary/aromatic N) is 2. The molecule has 0 aliphatic heterocycles. The van der Waals surface area contributed by atoms with Gasteiger partial charge in [0.2, 0.25) is 0 Å². The Labute approximate surface area is 136 Å². The number of benzene rings is 1. The zero-order valence-corrected chi connectivity index (χ0v) is 12.8. The fourth-order valence-electron chi connectivity index (χ4n) is 2.61. The van der Waals surface area contributed by atoms with Gasteiger partial charge in [-0.15, -0.1) is 0 Å². The van der Waals surface area contributed by atoms with Crippen molar-refractivity contribution in [2.24, 2.45) is 0 Å². The fourth-order valence-corrected chi connectivity index (χ4v) is 2.77. The van der Waals surface area contributed by atoms with E-state index in [1.807, 2.05) is 0 Å². The van der Waals surface area contributed by atoms with Gasteiger partial charge < -0.3 is 10.6 Å². The Morgan fingerprint density at radius 1 is 1.48 bits per heavy atom. The number of hydrogen-bond acceptors (Lipinski definition) is 4. The van der Waals surface area contributed by atoms with E-state index in [4.69, 9.17) is 11.6 Å². The summed E-state index contributed by atoms with van der Waals surface area (Å²) in [6, 6.07) is 3.44. The molecule has 0 saturated carbocycles. The summed E-state index contributed by atoms with van der Waals surface area (Å²) >= 11 is 5.96. The lowest BCUT2D eigenvalue weighted by Gasteiger charge is -2.23. The summed E-state index contributed by atoms with van der Waals surface area (Å²) in [5.41, 5.74) is 2.27. The van der Waals surface area contributed by atoms with Crippen LogP contribution in [0.15, 0.2) is 24.4 Å². The number of anilines is 1. The molecule has 8 nitrogen and oxygen atoms in total. The van der Waals surface area contributed by atoms with Crippen LogP contribution in [-0.4, -0.2) is 27.2 Å². The van der Waals surface area contributed by atoms with Gasteiger partial charge in [0.1, 0.15) is 0 Å². The lowest BCUT2D eigenvalue weighted by atomic mass is 9.94. The number of carbonyl (C=O) groups excluding carboxylic acids is 1. The van der Waals surface area contributed by atoms with Gasteiger partial charge >= 0.3 is 6.03 Å². The Bertz CT molecular complexity index is 761. The Balaban J connectivity index is 1.64. The first-order valence-corrected chi connectivity index (χ1v) is 7.43. The first kappa shape index (κ1) is 15.3. The third kappa shape index (κ3) is 3.42. The summed E-state index contributed by atoms with van der Waals surface area (Å²) < 4.78 is 0. The molecule has 0 radical (unpaired) electrons. The van der Waals surface area contributed by atoms with Crippen molar-refractivity contribution >= 4 is 29.0 Å². The average molecular weight is 336 g/mol. The predicted octanol–water partition coefficient (Wildman–Crippen LogP) is 2.65. The number of urea groups is 1. The molecule has 2 amide bonds. The molecule has 1 aromatic carbocycles.